The van der Waals surface area contributed by atoms with Crippen LogP contribution in [0, 0.1) is 0 Å². The molecule has 12 rings (SSSR count). The number of anilines is 3. The zero-order valence-corrected chi connectivity index (χ0v) is 32.7. The molecule has 0 aliphatic rings. The molecule has 280 valence electrons. The first-order chi connectivity index (χ1) is 29.7. The summed E-state index contributed by atoms with van der Waals surface area (Å²) in [6.07, 6.45) is 0. The number of para-hydroxylation sites is 2. The smallest absolute Gasteiger partial charge is 0.137 e. The van der Waals surface area contributed by atoms with Crippen LogP contribution in [-0.2, 0) is 0 Å². The number of furan rings is 1. The van der Waals surface area contributed by atoms with Crippen molar-refractivity contribution in [2.45, 2.75) is 0 Å². The van der Waals surface area contributed by atoms with Crippen LogP contribution in [0.1, 0.15) is 0 Å². The predicted octanol–water partition coefficient (Wildman–Crippen LogP) is 16.7. The number of hydrogen-bond acceptors (Lipinski definition) is 2. The van der Waals surface area contributed by atoms with Gasteiger partial charge in [0.2, 0.25) is 0 Å². The van der Waals surface area contributed by atoms with E-state index in [0.29, 0.717) is 0 Å². The van der Waals surface area contributed by atoms with Gasteiger partial charge in [-0.3, -0.25) is 0 Å². The molecule has 0 amide bonds. The number of rotatable bonds is 6. The standard InChI is InChI=1S/C58H37NO/c1-3-12-48-40(10-1)24-26-43-28-30-45(36-52(43)48)38-20-22-42(23-21-38)50-14-5-7-16-54(50)59(55-17-9-19-57-58(55)51-15-6-8-18-56(51)60-57)47-34-32-39(33-35-47)46-31-29-44-27-25-41-11-2-4-13-49(41)53(44)37-46/h1-37H. The first-order valence-corrected chi connectivity index (χ1v) is 20.6. The molecule has 0 unspecified atom stereocenters. The third-order valence-corrected chi connectivity index (χ3v) is 12.2. The Hall–Kier alpha value is -7.94. The Kier molecular flexibility index (Phi) is 7.89. The molecule has 11 aromatic carbocycles. The minimum absolute atomic E-state index is 0.865. The molecule has 0 fully saturated rings. The largest absolute Gasteiger partial charge is 0.456 e. The lowest BCUT2D eigenvalue weighted by molar-refractivity contribution is 0.669. The highest BCUT2D eigenvalue weighted by atomic mass is 16.3. The van der Waals surface area contributed by atoms with E-state index in [4.69, 9.17) is 4.42 Å². The van der Waals surface area contributed by atoms with Gasteiger partial charge in [0.1, 0.15) is 11.2 Å². The molecule has 0 spiro atoms. The van der Waals surface area contributed by atoms with Gasteiger partial charge < -0.3 is 9.32 Å². The monoisotopic (exact) mass is 763 g/mol. The zero-order chi connectivity index (χ0) is 39.6. The molecule has 0 aliphatic heterocycles. The van der Waals surface area contributed by atoms with Crippen molar-refractivity contribution in [1.82, 2.24) is 0 Å². The molecule has 2 nitrogen and oxygen atoms in total. The quantitative estimate of drug-likeness (QED) is 0.157. The predicted molar refractivity (Wildman–Crippen MR) is 255 cm³/mol. The van der Waals surface area contributed by atoms with E-state index in [9.17, 15) is 0 Å². The van der Waals surface area contributed by atoms with Crippen LogP contribution >= 0.6 is 0 Å². The van der Waals surface area contributed by atoms with Crippen molar-refractivity contribution >= 4 is 82.1 Å². The number of benzene rings is 11. The third kappa shape index (κ3) is 5.65. The summed E-state index contributed by atoms with van der Waals surface area (Å²) >= 11 is 0. The van der Waals surface area contributed by atoms with Crippen molar-refractivity contribution in [3.05, 3.63) is 224 Å². The van der Waals surface area contributed by atoms with Crippen LogP contribution in [0.5, 0.6) is 0 Å². The lowest BCUT2D eigenvalue weighted by Gasteiger charge is -2.28. The van der Waals surface area contributed by atoms with Gasteiger partial charge in [-0.05, 0) is 119 Å². The Bertz CT molecular complexity index is 3600. The highest BCUT2D eigenvalue weighted by Crippen LogP contribution is 2.46. The van der Waals surface area contributed by atoms with E-state index in [-0.39, 0.29) is 0 Å². The summed E-state index contributed by atoms with van der Waals surface area (Å²) in [7, 11) is 0. The second-order valence-corrected chi connectivity index (χ2v) is 15.7. The van der Waals surface area contributed by atoms with Crippen LogP contribution in [0.25, 0.3) is 98.4 Å². The maximum Gasteiger partial charge on any atom is 0.137 e. The fourth-order valence-electron chi connectivity index (χ4n) is 9.27. The summed E-state index contributed by atoms with van der Waals surface area (Å²) in [5.74, 6) is 0. The third-order valence-electron chi connectivity index (χ3n) is 12.2. The van der Waals surface area contributed by atoms with Crippen molar-refractivity contribution in [3.8, 4) is 33.4 Å². The van der Waals surface area contributed by atoms with Crippen LogP contribution in [-0.4, -0.2) is 0 Å². The molecule has 1 aromatic heterocycles. The maximum atomic E-state index is 6.45. The zero-order valence-electron chi connectivity index (χ0n) is 32.7. The van der Waals surface area contributed by atoms with Crippen LogP contribution in [0.2, 0.25) is 0 Å². The van der Waals surface area contributed by atoms with Gasteiger partial charge in [-0.25, -0.2) is 0 Å². The van der Waals surface area contributed by atoms with Gasteiger partial charge in [0.25, 0.3) is 0 Å². The van der Waals surface area contributed by atoms with Crippen LogP contribution in [0.3, 0.4) is 0 Å². The Morgan fingerprint density at radius 1 is 0.283 bits per heavy atom. The summed E-state index contributed by atoms with van der Waals surface area (Å²) in [5, 5.41) is 12.3. The number of fused-ring (bicyclic) bond motifs is 9. The molecule has 0 saturated heterocycles. The molecule has 12 aromatic rings. The van der Waals surface area contributed by atoms with E-state index in [1.807, 2.05) is 6.07 Å². The molecule has 0 saturated carbocycles. The van der Waals surface area contributed by atoms with Gasteiger partial charge in [0.05, 0.1) is 16.8 Å². The van der Waals surface area contributed by atoms with Crippen LogP contribution in [0.4, 0.5) is 17.1 Å². The van der Waals surface area contributed by atoms with E-state index >= 15 is 0 Å². The number of hydrogen-bond donors (Lipinski definition) is 0. The Morgan fingerprint density at radius 3 is 1.38 bits per heavy atom. The normalized spacial score (nSPS) is 11.7. The summed E-state index contributed by atoms with van der Waals surface area (Å²) < 4.78 is 6.45. The second kappa shape index (κ2) is 13.9. The fraction of sp³-hybridized carbons (Fsp3) is 0. The molecule has 0 bridgehead atoms. The minimum atomic E-state index is 0.865. The molecule has 0 radical (unpaired) electrons. The molecule has 60 heavy (non-hydrogen) atoms. The topological polar surface area (TPSA) is 16.4 Å². The Balaban J connectivity index is 0.985. The SMILES string of the molecule is c1ccc(N(c2ccc(-c3ccc4ccc5ccccc5c4c3)cc2)c2cccc3oc4ccccc4c23)c(-c2ccc(-c3ccc4ccc5ccccc5c4c3)cc2)c1. The van der Waals surface area contributed by atoms with Crippen molar-refractivity contribution < 1.29 is 4.42 Å². The summed E-state index contributed by atoms with van der Waals surface area (Å²) in [4.78, 5) is 2.40. The van der Waals surface area contributed by atoms with Crippen LogP contribution < -0.4 is 4.90 Å². The van der Waals surface area contributed by atoms with E-state index < -0.39 is 0 Å². The summed E-state index contributed by atoms with van der Waals surface area (Å²) in [6.45, 7) is 0. The maximum absolute atomic E-state index is 6.45. The second-order valence-electron chi connectivity index (χ2n) is 15.7. The van der Waals surface area contributed by atoms with Crippen molar-refractivity contribution in [2.24, 2.45) is 0 Å². The molecular weight excluding hydrogens is 727 g/mol. The average molecular weight is 764 g/mol. The highest BCUT2D eigenvalue weighted by Gasteiger charge is 2.22. The fourth-order valence-corrected chi connectivity index (χ4v) is 9.27. The Labute approximate surface area is 347 Å². The highest BCUT2D eigenvalue weighted by molar-refractivity contribution is 6.14. The van der Waals surface area contributed by atoms with E-state index in [1.54, 1.807) is 0 Å². The van der Waals surface area contributed by atoms with Gasteiger partial charge in [0, 0.05) is 16.6 Å². The molecule has 1 heterocycles. The molecule has 0 atom stereocenters. The van der Waals surface area contributed by atoms with Crippen molar-refractivity contribution in [3.63, 3.8) is 0 Å². The summed E-state index contributed by atoms with van der Waals surface area (Å²) in [6, 6.07) is 81.3. The lowest BCUT2D eigenvalue weighted by Crippen LogP contribution is -2.11. The molecule has 2 heteroatoms. The molecule has 0 N–H and O–H groups in total. The lowest BCUT2D eigenvalue weighted by atomic mass is 9.95. The van der Waals surface area contributed by atoms with Crippen LogP contribution in [0.15, 0.2) is 229 Å². The van der Waals surface area contributed by atoms with Gasteiger partial charge >= 0.3 is 0 Å². The first kappa shape index (κ1) is 34.1. The first-order valence-electron chi connectivity index (χ1n) is 20.6. The van der Waals surface area contributed by atoms with Crippen molar-refractivity contribution in [2.75, 3.05) is 4.90 Å². The number of nitrogens with zero attached hydrogens (tertiary/aromatic N) is 1. The van der Waals surface area contributed by atoms with Gasteiger partial charge in [0.15, 0.2) is 0 Å². The minimum Gasteiger partial charge on any atom is -0.456 e. The Morgan fingerprint density at radius 2 is 0.733 bits per heavy atom. The van der Waals surface area contributed by atoms with E-state index in [0.717, 1.165) is 50.1 Å². The van der Waals surface area contributed by atoms with E-state index in [2.05, 4.69) is 223 Å². The van der Waals surface area contributed by atoms with Gasteiger partial charge in [-0.1, -0.05) is 176 Å². The summed E-state index contributed by atoms with van der Waals surface area (Å²) in [5.41, 5.74) is 12.0. The molecular formula is C58H37NO. The van der Waals surface area contributed by atoms with Gasteiger partial charge in [-0.15, -0.1) is 0 Å². The van der Waals surface area contributed by atoms with E-state index in [1.165, 1.54) is 65.3 Å². The average Bonchev–Trinajstić information content (AvgIpc) is 3.71. The van der Waals surface area contributed by atoms with Gasteiger partial charge in [-0.2, -0.15) is 0 Å². The molecule has 0 aliphatic carbocycles. The van der Waals surface area contributed by atoms with Crippen molar-refractivity contribution in [1.29, 1.82) is 0 Å².